The molecule has 0 fully saturated rings. The van der Waals surface area contributed by atoms with Crippen LogP contribution in [-0.4, -0.2) is 36.1 Å². The number of carbonyl (C=O) groups is 1. The molecule has 3 rings (SSSR count). The van der Waals surface area contributed by atoms with E-state index in [9.17, 15) is 18.0 Å². The third-order valence-electron chi connectivity index (χ3n) is 5.81. The summed E-state index contributed by atoms with van der Waals surface area (Å²) < 4.78 is 45.5. The van der Waals surface area contributed by atoms with E-state index in [-0.39, 0.29) is 5.69 Å². The lowest BCUT2D eigenvalue weighted by Gasteiger charge is -2.38. The van der Waals surface area contributed by atoms with Crippen LogP contribution in [0.4, 0.5) is 24.5 Å². The van der Waals surface area contributed by atoms with Gasteiger partial charge in [-0.3, -0.25) is 4.79 Å². The average molecular weight is 512 g/mol. The Balaban J connectivity index is 1.89. The number of rotatable bonds is 7. The Hall–Kier alpha value is -3.90. The summed E-state index contributed by atoms with van der Waals surface area (Å²) in [6, 6.07) is 15.8. The van der Waals surface area contributed by atoms with Gasteiger partial charge < -0.3 is 14.5 Å². The van der Waals surface area contributed by atoms with Gasteiger partial charge in [0.05, 0.1) is 30.0 Å². The van der Waals surface area contributed by atoms with Gasteiger partial charge in [-0.1, -0.05) is 36.5 Å². The van der Waals surface area contributed by atoms with Crippen LogP contribution in [0.1, 0.15) is 25.1 Å². The van der Waals surface area contributed by atoms with Crippen molar-refractivity contribution in [2.75, 3.05) is 24.0 Å². The van der Waals surface area contributed by atoms with Crippen LogP contribution in [0, 0.1) is 12.3 Å². The summed E-state index contributed by atoms with van der Waals surface area (Å²) in [5.41, 5.74) is 1.02. The van der Waals surface area contributed by atoms with Crippen LogP contribution in [0.25, 0.3) is 11.1 Å². The van der Waals surface area contributed by atoms with Crippen LogP contribution in [0.5, 0.6) is 5.75 Å². The van der Waals surface area contributed by atoms with Crippen LogP contribution in [0.3, 0.4) is 0 Å². The number of hydrogen-bond acceptors (Lipinski definition) is 4. The van der Waals surface area contributed by atoms with Gasteiger partial charge in [-0.25, -0.2) is 4.98 Å². The first-order valence-corrected chi connectivity index (χ1v) is 11.2. The molecule has 9 heteroatoms. The quantitative estimate of drug-likeness (QED) is 0.289. The van der Waals surface area contributed by atoms with E-state index in [0.29, 0.717) is 5.69 Å². The fourth-order valence-corrected chi connectivity index (χ4v) is 4.10. The summed E-state index contributed by atoms with van der Waals surface area (Å²) in [5.74, 6) is 2.18. The summed E-state index contributed by atoms with van der Waals surface area (Å²) in [7, 11) is 2.98. The van der Waals surface area contributed by atoms with Crippen molar-refractivity contribution in [2.24, 2.45) is 0 Å². The number of terminal acetylenes is 1. The molecule has 186 valence electrons. The van der Waals surface area contributed by atoms with Gasteiger partial charge in [0.15, 0.2) is 0 Å². The van der Waals surface area contributed by atoms with Crippen molar-refractivity contribution < 1.29 is 22.7 Å². The standard InChI is InChI=1S/C27H24F3N3O2S/c1-6-24-23(27(28,29)30)15-21(16-31-24)32(4)25(34)26(2,3)33(17-36)20-11-7-18(8-12-20)19-9-13-22(35-5)14-10-19/h1,7-17H,2-5H3. The van der Waals surface area contributed by atoms with Gasteiger partial charge in [-0.15, -0.1) is 6.42 Å². The molecule has 0 bridgehead atoms. The van der Waals surface area contributed by atoms with Crippen LogP contribution >= 0.6 is 12.2 Å². The Bertz CT molecular complexity index is 1300. The molecule has 0 aliphatic heterocycles. The summed E-state index contributed by atoms with van der Waals surface area (Å²) in [6.07, 6.45) is 1.59. The average Bonchev–Trinajstić information content (AvgIpc) is 2.87. The Morgan fingerprint density at radius 2 is 1.61 bits per heavy atom. The number of hydrogen-bond donors (Lipinski definition) is 0. The maximum Gasteiger partial charge on any atom is 0.419 e. The van der Waals surface area contributed by atoms with Crippen molar-refractivity contribution in [2.45, 2.75) is 25.6 Å². The van der Waals surface area contributed by atoms with E-state index in [1.807, 2.05) is 54.5 Å². The first kappa shape index (κ1) is 26.7. The van der Waals surface area contributed by atoms with Crippen LogP contribution in [-0.2, 0) is 11.0 Å². The molecule has 3 aromatic rings. The van der Waals surface area contributed by atoms with Gasteiger partial charge in [0.1, 0.15) is 17.0 Å². The molecule has 0 N–H and O–H groups in total. The minimum atomic E-state index is -4.71. The number of ether oxygens (including phenoxy) is 1. The van der Waals surface area contributed by atoms with Crippen molar-refractivity contribution in [3.63, 3.8) is 0 Å². The SMILES string of the molecule is C#Cc1ncc(N(C)C(=O)C(C)(C)N(C=S)c2ccc(-c3ccc(OC)cc3)cc2)cc1C(F)(F)F. The molecule has 1 amide bonds. The number of halogens is 3. The number of pyridine rings is 1. The minimum Gasteiger partial charge on any atom is -0.497 e. The zero-order chi connectivity index (χ0) is 26.7. The fraction of sp³-hybridized carbons (Fsp3) is 0.222. The highest BCUT2D eigenvalue weighted by Gasteiger charge is 2.39. The number of thiocarbonyl (C=S) groups is 1. The van der Waals surface area contributed by atoms with Gasteiger partial charge in [0.2, 0.25) is 0 Å². The Morgan fingerprint density at radius 1 is 1.06 bits per heavy atom. The van der Waals surface area contributed by atoms with Gasteiger partial charge in [-0.2, -0.15) is 13.2 Å². The molecule has 0 saturated carbocycles. The van der Waals surface area contributed by atoms with Crippen LogP contribution < -0.4 is 14.5 Å². The Morgan fingerprint density at radius 3 is 2.08 bits per heavy atom. The van der Waals surface area contributed by atoms with Crippen molar-refractivity contribution in [3.05, 3.63) is 72.1 Å². The molecule has 1 heterocycles. The number of likely N-dealkylation sites (N-methyl/N-ethyl adjacent to an activating group) is 1. The summed E-state index contributed by atoms with van der Waals surface area (Å²) in [6.45, 7) is 3.28. The van der Waals surface area contributed by atoms with Gasteiger partial charge in [0, 0.05) is 12.7 Å². The lowest BCUT2D eigenvalue weighted by atomic mass is 9.99. The molecule has 0 aliphatic carbocycles. The molecule has 0 saturated heterocycles. The van der Waals surface area contributed by atoms with Crippen molar-refractivity contribution in [1.82, 2.24) is 4.98 Å². The number of anilines is 2. The summed E-state index contributed by atoms with van der Waals surface area (Å²) in [4.78, 5) is 19.9. The summed E-state index contributed by atoms with van der Waals surface area (Å²) >= 11 is 5.22. The first-order chi connectivity index (χ1) is 16.9. The Labute approximate surface area is 213 Å². The molecular weight excluding hydrogens is 487 g/mol. The number of alkyl halides is 3. The normalized spacial score (nSPS) is 11.4. The zero-order valence-corrected chi connectivity index (χ0v) is 20.9. The predicted molar refractivity (Wildman–Crippen MR) is 139 cm³/mol. The molecule has 0 unspecified atom stereocenters. The second kappa shape index (κ2) is 10.4. The van der Waals surface area contributed by atoms with E-state index in [2.05, 4.69) is 4.98 Å². The largest absolute Gasteiger partial charge is 0.497 e. The molecule has 0 atom stereocenters. The second-order valence-electron chi connectivity index (χ2n) is 8.41. The van der Waals surface area contributed by atoms with Crippen LogP contribution in [0.15, 0.2) is 60.8 Å². The number of amides is 1. The number of methoxy groups -OCH3 is 1. The van der Waals surface area contributed by atoms with Crippen LogP contribution in [0.2, 0.25) is 0 Å². The molecule has 1 aromatic heterocycles. The first-order valence-electron chi connectivity index (χ1n) is 10.7. The monoisotopic (exact) mass is 511 g/mol. The van der Waals surface area contributed by atoms with E-state index < -0.39 is 28.9 Å². The second-order valence-corrected chi connectivity index (χ2v) is 8.62. The lowest BCUT2D eigenvalue weighted by Crippen LogP contribution is -2.55. The number of benzene rings is 2. The lowest BCUT2D eigenvalue weighted by molar-refractivity contribution is -0.138. The molecule has 36 heavy (non-hydrogen) atoms. The van der Waals surface area contributed by atoms with E-state index in [4.69, 9.17) is 23.4 Å². The van der Waals surface area contributed by atoms with Gasteiger partial charge in [0.25, 0.3) is 5.91 Å². The minimum absolute atomic E-state index is 0.0430. The molecule has 5 nitrogen and oxygen atoms in total. The summed E-state index contributed by atoms with van der Waals surface area (Å²) in [5, 5.41) is 0. The highest BCUT2D eigenvalue weighted by atomic mass is 32.1. The fourth-order valence-electron chi connectivity index (χ4n) is 3.71. The van der Waals surface area contributed by atoms with Gasteiger partial charge in [-0.05, 0) is 61.2 Å². The smallest absolute Gasteiger partial charge is 0.419 e. The van der Waals surface area contributed by atoms with E-state index in [0.717, 1.165) is 34.0 Å². The highest BCUT2D eigenvalue weighted by Crippen LogP contribution is 2.34. The van der Waals surface area contributed by atoms with Gasteiger partial charge >= 0.3 is 6.18 Å². The number of aromatic nitrogens is 1. The maximum atomic E-state index is 13.5. The van der Waals surface area contributed by atoms with E-state index in [1.54, 1.807) is 25.9 Å². The van der Waals surface area contributed by atoms with Crippen molar-refractivity contribution in [1.29, 1.82) is 0 Å². The maximum absolute atomic E-state index is 13.5. The molecule has 0 aliphatic rings. The third kappa shape index (κ3) is 5.34. The topological polar surface area (TPSA) is 45.7 Å². The zero-order valence-electron chi connectivity index (χ0n) is 20.1. The van der Waals surface area contributed by atoms with E-state index in [1.165, 1.54) is 12.5 Å². The molecular formula is C27H24F3N3O2S. The number of nitrogens with zero attached hydrogens (tertiary/aromatic N) is 3. The third-order valence-corrected chi connectivity index (χ3v) is 6.02. The Kier molecular flexibility index (Phi) is 7.70. The number of carbonyl (C=O) groups excluding carboxylic acids is 1. The van der Waals surface area contributed by atoms with Crippen molar-refractivity contribution >= 4 is 35.0 Å². The molecule has 0 spiro atoms. The highest BCUT2D eigenvalue weighted by molar-refractivity contribution is 7.79. The molecule has 0 radical (unpaired) electrons. The molecule has 2 aromatic carbocycles. The van der Waals surface area contributed by atoms with E-state index >= 15 is 0 Å². The van der Waals surface area contributed by atoms with Crippen molar-refractivity contribution in [3.8, 4) is 29.2 Å². The predicted octanol–water partition coefficient (Wildman–Crippen LogP) is 5.96.